The molecule has 2 rings (SSSR count). The van der Waals surface area contributed by atoms with Gasteiger partial charge < -0.3 is 10.2 Å². The maximum absolute atomic E-state index is 13.3. The van der Waals surface area contributed by atoms with Gasteiger partial charge in [-0.15, -0.1) is 0 Å². The number of amides is 2. The monoisotopic (exact) mass is 493 g/mol. The minimum Gasteiger partial charge on any atom is -0.352 e. The molecule has 0 spiro atoms. The molecule has 0 aliphatic rings. The van der Waals surface area contributed by atoms with Crippen LogP contribution in [0, 0.1) is 6.92 Å². The van der Waals surface area contributed by atoms with E-state index in [1.807, 2.05) is 20.8 Å². The molecule has 7 nitrogen and oxygen atoms in total. The van der Waals surface area contributed by atoms with E-state index in [-0.39, 0.29) is 23.4 Å². The fourth-order valence-electron chi connectivity index (χ4n) is 3.09. The summed E-state index contributed by atoms with van der Waals surface area (Å²) in [5, 5.41) is 3.45. The smallest absolute Gasteiger partial charge is 0.243 e. The highest BCUT2D eigenvalue weighted by Crippen LogP contribution is 2.17. The molecule has 33 heavy (non-hydrogen) atoms. The van der Waals surface area contributed by atoms with Crippen molar-refractivity contribution >= 4 is 33.4 Å². The van der Waals surface area contributed by atoms with Crippen LogP contribution in [0.5, 0.6) is 0 Å². The van der Waals surface area contributed by atoms with Crippen molar-refractivity contribution in [3.63, 3.8) is 0 Å². The van der Waals surface area contributed by atoms with E-state index in [0.717, 1.165) is 21.9 Å². The van der Waals surface area contributed by atoms with E-state index < -0.39 is 28.5 Å². The number of carbonyl (C=O) groups is 2. The Kier molecular flexibility index (Phi) is 9.46. The number of aryl methyl sites for hydroxylation is 1. The molecule has 1 N–H and O–H groups in total. The first-order valence-corrected chi connectivity index (χ1v) is 12.6. The lowest BCUT2D eigenvalue weighted by Crippen LogP contribution is -2.51. The Morgan fingerprint density at radius 1 is 1.03 bits per heavy atom. The molecule has 0 unspecified atom stereocenters. The van der Waals surface area contributed by atoms with E-state index in [4.69, 9.17) is 11.6 Å². The number of hydrogen-bond acceptors (Lipinski definition) is 4. The van der Waals surface area contributed by atoms with Crippen molar-refractivity contribution < 1.29 is 18.0 Å². The first kappa shape index (κ1) is 26.8. The second kappa shape index (κ2) is 11.6. The fourth-order valence-corrected chi connectivity index (χ4v) is 4.34. The van der Waals surface area contributed by atoms with E-state index >= 15 is 0 Å². The van der Waals surface area contributed by atoms with Gasteiger partial charge in [0.05, 0.1) is 11.4 Å². The Balaban J connectivity index is 2.26. The maximum atomic E-state index is 13.3. The van der Waals surface area contributed by atoms with Crippen molar-refractivity contribution in [3.05, 3.63) is 64.7 Å². The first-order valence-electron chi connectivity index (χ1n) is 10.8. The van der Waals surface area contributed by atoms with Gasteiger partial charge in [0.15, 0.2) is 0 Å². The van der Waals surface area contributed by atoms with Gasteiger partial charge in [0.1, 0.15) is 6.04 Å². The van der Waals surface area contributed by atoms with Crippen molar-refractivity contribution in [2.75, 3.05) is 13.6 Å². The summed E-state index contributed by atoms with van der Waals surface area (Å²) in [7, 11) is -2.51. The lowest BCUT2D eigenvalue weighted by Gasteiger charge is -2.31. The molecular formula is C24H32ClN3O4S. The van der Waals surface area contributed by atoms with Crippen molar-refractivity contribution in [2.45, 2.75) is 57.6 Å². The molecule has 0 heterocycles. The molecule has 0 aromatic heterocycles. The van der Waals surface area contributed by atoms with Crippen LogP contribution in [-0.4, -0.2) is 55.1 Å². The number of likely N-dealkylation sites (N-methyl/N-ethyl adjacent to an activating group) is 1. The van der Waals surface area contributed by atoms with Crippen LogP contribution in [0.15, 0.2) is 53.4 Å². The number of hydrogen-bond donors (Lipinski definition) is 1. The maximum Gasteiger partial charge on any atom is 0.243 e. The van der Waals surface area contributed by atoms with Gasteiger partial charge in [-0.05, 0) is 57.0 Å². The second-order valence-electron chi connectivity index (χ2n) is 8.22. The Bertz CT molecular complexity index is 1060. The second-order valence-corrected chi connectivity index (χ2v) is 10.7. The summed E-state index contributed by atoms with van der Waals surface area (Å²) in [6, 6.07) is 12.6. The molecule has 0 aliphatic heterocycles. The highest BCUT2D eigenvalue weighted by Gasteiger charge is 2.30. The van der Waals surface area contributed by atoms with Crippen LogP contribution in [0.3, 0.4) is 0 Å². The molecule has 2 atom stereocenters. The van der Waals surface area contributed by atoms with Crippen LogP contribution in [0.1, 0.15) is 38.3 Å². The summed E-state index contributed by atoms with van der Waals surface area (Å²) < 4.78 is 26.9. The van der Waals surface area contributed by atoms with E-state index in [9.17, 15) is 18.0 Å². The zero-order valence-electron chi connectivity index (χ0n) is 19.7. The quantitative estimate of drug-likeness (QED) is 0.547. The SMILES string of the molecule is CC[C@@H](C)NC(=O)[C@H](C)N(Cc1ccc(Cl)cc1)C(=O)CN(C)S(=O)(=O)c1ccc(C)cc1. The van der Waals surface area contributed by atoms with Gasteiger partial charge in [0, 0.05) is 24.7 Å². The summed E-state index contributed by atoms with van der Waals surface area (Å²) >= 11 is 5.97. The zero-order chi connectivity index (χ0) is 24.8. The predicted octanol–water partition coefficient (Wildman–Crippen LogP) is 3.60. The van der Waals surface area contributed by atoms with E-state index in [0.29, 0.717) is 5.02 Å². The molecule has 0 radical (unpaired) electrons. The number of nitrogens with zero attached hydrogens (tertiary/aromatic N) is 2. The van der Waals surface area contributed by atoms with Crippen LogP contribution >= 0.6 is 11.6 Å². The van der Waals surface area contributed by atoms with Crippen molar-refractivity contribution in [1.82, 2.24) is 14.5 Å². The third kappa shape index (κ3) is 7.28. The number of sulfonamides is 1. The topological polar surface area (TPSA) is 86.8 Å². The van der Waals surface area contributed by atoms with Crippen molar-refractivity contribution in [2.24, 2.45) is 0 Å². The van der Waals surface area contributed by atoms with Gasteiger partial charge in [-0.3, -0.25) is 9.59 Å². The van der Waals surface area contributed by atoms with E-state index in [2.05, 4.69) is 5.32 Å². The molecule has 0 saturated heterocycles. The molecule has 0 fully saturated rings. The van der Waals surface area contributed by atoms with Crippen molar-refractivity contribution in [3.8, 4) is 0 Å². The minimum absolute atomic E-state index is 0.0444. The van der Waals surface area contributed by atoms with E-state index in [1.54, 1.807) is 43.3 Å². The average molecular weight is 494 g/mol. The highest BCUT2D eigenvalue weighted by molar-refractivity contribution is 7.89. The lowest BCUT2D eigenvalue weighted by atomic mass is 10.1. The minimum atomic E-state index is -3.86. The molecule has 2 amide bonds. The number of nitrogens with one attached hydrogen (secondary N) is 1. The number of halogens is 1. The summed E-state index contributed by atoms with van der Waals surface area (Å²) in [6.45, 7) is 7.09. The summed E-state index contributed by atoms with van der Waals surface area (Å²) in [4.78, 5) is 27.6. The molecule has 180 valence electrons. The molecule has 0 bridgehead atoms. The van der Waals surface area contributed by atoms with Gasteiger partial charge >= 0.3 is 0 Å². The van der Waals surface area contributed by atoms with Crippen molar-refractivity contribution in [1.29, 1.82) is 0 Å². The number of rotatable bonds is 10. The first-order chi connectivity index (χ1) is 15.4. The molecule has 2 aromatic rings. The van der Waals surface area contributed by atoms with Gasteiger partial charge in [-0.2, -0.15) is 4.31 Å². The fraction of sp³-hybridized carbons (Fsp3) is 0.417. The molecular weight excluding hydrogens is 462 g/mol. The highest BCUT2D eigenvalue weighted by atomic mass is 35.5. The Hall–Kier alpha value is -2.42. The normalized spacial score (nSPS) is 13.4. The lowest BCUT2D eigenvalue weighted by molar-refractivity contribution is -0.140. The Morgan fingerprint density at radius 3 is 2.15 bits per heavy atom. The molecule has 0 saturated carbocycles. The Morgan fingerprint density at radius 2 is 1.61 bits per heavy atom. The van der Waals surface area contributed by atoms with Crippen LogP contribution in [0.25, 0.3) is 0 Å². The predicted molar refractivity (Wildman–Crippen MR) is 130 cm³/mol. The average Bonchev–Trinajstić information content (AvgIpc) is 2.78. The molecule has 2 aromatic carbocycles. The summed E-state index contributed by atoms with van der Waals surface area (Å²) in [5.74, 6) is -0.773. The van der Waals surface area contributed by atoms with Crippen LogP contribution < -0.4 is 5.32 Å². The summed E-state index contributed by atoms with van der Waals surface area (Å²) in [6.07, 6.45) is 0.751. The standard InChI is InChI=1S/C24H32ClN3O4S/c1-6-18(3)26-24(30)19(4)28(15-20-9-11-21(25)12-10-20)23(29)16-27(5)33(31,32)22-13-7-17(2)8-14-22/h7-14,18-19H,6,15-16H2,1-5H3,(H,26,30)/t18-,19+/m1/s1. The largest absolute Gasteiger partial charge is 0.352 e. The van der Waals surface area contributed by atoms with Crippen LogP contribution in [-0.2, 0) is 26.2 Å². The third-order valence-electron chi connectivity index (χ3n) is 5.52. The molecule has 0 aliphatic carbocycles. The van der Waals surface area contributed by atoms with Gasteiger partial charge in [0.25, 0.3) is 0 Å². The van der Waals surface area contributed by atoms with E-state index in [1.165, 1.54) is 24.1 Å². The van der Waals surface area contributed by atoms with Gasteiger partial charge in [-0.1, -0.05) is 48.4 Å². The molecule has 9 heteroatoms. The summed E-state index contributed by atoms with van der Waals surface area (Å²) in [5.41, 5.74) is 1.71. The van der Waals surface area contributed by atoms with Gasteiger partial charge in [0.2, 0.25) is 21.8 Å². The van der Waals surface area contributed by atoms with Crippen LogP contribution in [0.2, 0.25) is 5.02 Å². The third-order valence-corrected chi connectivity index (χ3v) is 7.59. The Labute approximate surface area is 201 Å². The number of benzene rings is 2. The van der Waals surface area contributed by atoms with Crippen LogP contribution in [0.4, 0.5) is 0 Å². The van der Waals surface area contributed by atoms with Gasteiger partial charge in [-0.25, -0.2) is 8.42 Å². The zero-order valence-corrected chi connectivity index (χ0v) is 21.3. The number of carbonyl (C=O) groups excluding carboxylic acids is 2.